The van der Waals surface area contributed by atoms with Crippen LogP contribution < -0.4 is 5.56 Å². The van der Waals surface area contributed by atoms with Gasteiger partial charge in [0, 0.05) is 31.2 Å². The maximum atomic E-state index is 10.7. The Bertz CT molecular complexity index is 444. The summed E-state index contributed by atoms with van der Waals surface area (Å²) in [6.45, 7) is 0.682. The van der Waals surface area contributed by atoms with E-state index in [1.807, 2.05) is 16.7 Å². The Morgan fingerprint density at radius 2 is 2.29 bits per heavy atom. The van der Waals surface area contributed by atoms with E-state index in [0.29, 0.717) is 6.54 Å². The predicted molar refractivity (Wildman–Crippen MR) is 51.8 cm³/mol. The Labute approximate surface area is 80.9 Å². The van der Waals surface area contributed by atoms with Crippen LogP contribution >= 0.6 is 0 Å². The normalized spacial score (nSPS) is 10.0. The average molecular weight is 187 g/mol. The topological polar surface area (TPSA) is 47.8 Å². The number of nitrogens with zero attached hydrogens (tertiary/aromatic N) is 3. The van der Waals surface area contributed by atoms with E-state index >= 15 is 0 Å². The fourth-order valence-electron chi connectivity index (χ4n) is 1.17. The van der Waals surface area contributed by atoms with Crippen LogP contribution in [0.5, 0.6) is 0 Å². The van der Waals surface area contributed by atoms with Crippen LogP contribution in [-0.2, 0) is 6.54 Å². The van der Waals surface area contributed by atoms with Crippen LogP contribution in [0.4, 0.5) is 0 Å². The second-order valence-electron chi connectivity index (χ2n) is 2.93. The molecule has 0 atom stereocenters. The van der Waals surface area contributed by atoms with Crippen LogP contribution in [0.15, 0.2) is 47.9 Å². The van der Waals surface area contributed by atoms with Crippen molar-refractivity contribution in [3.8, 4) is 0 Å². The molecule has 0 unspecified atom stereocenters. The molecule has 0 fully saturated rings. The highest BCUT2D eigenvalue weighted by Crippen LogP contribution is 1.97. The van der Waals surface area contributed by atoms with Crippen molar-refractivity contribution >= 4 is 0 Å². The largest absolute Gasteiger partial charge is 0.334 e. The lowest BCUT2D eigenvalue weighted by Crippen LogP contribution is -2.09. The van der Waals surface area contributed by atoms with Gasteiger partial charge in [0.05, 0.1) is 6.33 Å². The Kier molecular flexibility index (Phi) is 2.36. The summed E-state index contributed by atoms with van der Waals surface area (Å²) < 4.78 is 1.83. The van der Waals surface area contributed by atoms with Crippen molar-refractivity contribution in [3.05, 3.63) is 59.0 Å². The molecule has 0 saturated carbocycles. The van der Waals surface area contributed by atoms with E-state index in [4.69, 9.17) is 0 Å². The lowest BCUT2D eigenvalue weighted by molar-refractivity contribution is 0.757. The maximum absolute atomic E-state index is 10.7. The van der Waals surface area contributed by atoms with Gasteiger partial charge in [0.25, 0.3) is 5.56 Å². The Hall–Kier alpha value is -1.97. The van der Waals surface area contributed by atoms with Crippen LogP contribution in [0.3, 0.4) is 0 Å². The van der Waals surface area contributed by atoms with Crippen LogP contribution in [0.25, 0.3) is 0 Å². The van der Waals surface area contributed by atoms with Gasteiger partial charge in [-0.05, 0) is 11.6 Å². The molecule has 0 spiro atoms. The van der Waals surface area contributed by atoms with Crippen LogP contribution in [0, 0.1) is 0 Å². The van der Waals surface area contributed by atoms with Crippen molar-refractivity contribution in [3.63, 3.8) is 0 Å². The predicted octanol–water partition coefficient (Wildman–Crippen LogP) is 0.687. The van der Waals surface area contributed by atoms with E-state index in [0.717, 1.165) is 5.56 Å². The van der Waals surface area contributed by atoms with E-state index < -0.39 is 0 Å². The number of aromatic nitrogens is 3. The van der Waals surface area contributed by atoms with Crippen molar-refractivity contribution in [2.45, 2.75) is 6.54 Å². The Balaban J connectivity index is 2.19. The van der Waals surface area contributed by atoms with Gasteiger partial charge < -0.3 is 4.57 Å². The minimum absolute atomic E-state index is 0.215. The molecule has 0 N–H and O–H groups in total. The zero-order valence-electron chi connectivity index (χ0n) is 7.50. The third-order valence-electron chi connectivity index (χ3n) is 1.83. The highest BCUT2D eigenvalue weighted by atomic mass is 16.1. The third kappa shape index (κ3) is 2.04. The van der Waals surface area contributed by atoms with E-state index in [9.17, 15) is 4.79 Å². The standard InChI is InChI=1S/C10H9N3O/c14-10-3-5-13(8-12-10)7-9-2-1-4-11-6-9/h1-6,8H,7H2. The minimum Gasteiger partial charge on any atom is -0.334 e. The van der Waals surface area contributed by atoms with E-state index in [1.54, 1.807) is 18.6 Å². The van der Waals surface area contributed by atoms with Crippen molar-refractivity contribution in [1.29, 1.82) is 0 Å². The molecule has 0 saturated heterocycles. The van der Waals surface area contributed by atoms with Crippen LogP contribution in [0.2, 0.25) is 0 Å². The van der Waals surface area contributed by atoms with Gasteiger partial charge in [-0.15, -0.1) is 0 Å². The van der Waals surface area contributed by atoms with E-state index in [2.05, 4.69) is 9.97 Å². The highest BCUT2D eigenvalue weighted by Gasteiger charge is 1.92. The summed E-state index contributed by atoms with van der Waals surface area (Å²) in [7, 11) is 0. The second kappa shape index (κ2) is 3.83. The molecule has 2 heterocycles. The lowest BCUT2D eigenvalue weighted by Gasteiger charge is -2.03. The molecule has 4 heteroatoms. The van der Waals surface area contributed by atoms with Gasteiger partial charge in [0.2, 0.25) is 0 Å². The van der Waals surface area contributed by atoms with Gasteiger partial charge in [-0.1, -0.05) is 6.07 Å². The average Bonchev–Trinajstić information content (AvgIpc) is 2.23. The van der Waals surface area contributed by atoms with Crippen LogP contribution in [0.1, 0.15) is 5.56 Å². The molecule has 4 nitrogen and oxygen atoms in total. The highest BCUT2D eigenvalue weighted by molar-refractivity contribution is 5.08. The van der Waals surface area contributed by atoms with E-state index in [1.165, 1.54) is 12.4 Å². The smallest absolute Gasteiger partial charge is 0.272 e. The summed E-state index contributed by atoms with van der Waals surface area (Å²) in [5.74, 6) is 0. The minimum atomic E-state index is -0.215. The molecule has 0 aliphatic carbocycles. The number of hydrogen-bond donors (Lipinski definition) is 0. The van der Waals surface area contributed by atoms with Crippen molar-refractivity contribution in [2.24, 2.45) is 0 Å². The Morgan fingerprint density at radius 1 is 1.36 bits per heavy atom. The molecule has 0 radical (unpaired) electrons. The summed E-state index contributed by atoms with van der Waals surface area (Å²) >= 11 is 0. The summed E-state index contributed by atoms with van der Waals surface area (Å²) in [5.41, 5.74) is 0.866. The zero-order chi connectivity index (χ0) is 9.80. The maximum Gasteiger partial charge on any atom is 0.272 e. The number of hydrogen-bond acceptors (Lipinski definition) is 3. The zero-order valence-corrected chi connectivity index (χ0v) is 7.50. The van der Waals surface area contributed by atoms with Gasteiger partial charge in [-0.25, -0.2) is 0 Å². The molecule has 70 valence electrons. The molecule has 2 aromatic heterocycles. The monoisotopic (exact) mass is 187 g/mol. The fraction of sp³-hybridized carbons (Fsp3) is 0.100. The summed E-state index contributed by atoms with van der Waals surface area (Å²) in [6.07, 6.45) is 6.75. The molecule has 0 aromatic carbocycles. The lowest BCUT2D eigenvalue weighted by atomic mass is 10.3. The van der Waals surface area contributed by atoms with Crippen molar-refractivity contribution in [2.75, 3.05) is 0 Å². The first kappa shape index (κ1) is 8.62. The molecule has 0 amide bonds. The molecule has 0 bridgehead atoms. The SMILES string of the molecule is O=c1ccn(Cc2cccnc2)cn1. The number of rotatable bonds is 2. The molecule has 14 heavy (non-hydrogen) atoms. The molecule has 2 rings (SSSR count). The summed E-state index contributed by atoms with van der Waals surface area (Å²) in [4.78, 5) is 18.4. The summed E-state index contributed by atoms with van der Waals surface area (Å²) in [6, 6.07) is 5.30. The molecule has 0 aliphatic heterocycles. The van der Waals surface area contributed by atoms with Gasteiger partial charge in [0.15, 0.2) is 0 Å². The third-order valence-corrected chi connectivity index (χ3v) is 1.83. The molecular weight excluding hydrogens is 178 g/mol. The van der Waals surface area contributed by atoms with Gasteiger partial charge in [-0.2, -0.15) is 4.98 Å². The fourth-order valence-corrected chi connectivity index (χ4v) is 1.17. The Morgan fingerprint density at radius 3 is 2.93 bits per heavy atom. The van der Waals surface area contributed by atoms with Gasteiger partial charge in [0.1, 0.15) is 0 Å². The van der Waals surface area contributed by atoms with Crippen LogP contribution in [-0.4, -0.2) is 14.5 Å². The van der Waals surface area contributed by atoms with Crippen molar-refractivity contribution < 1.29 is 0 Å². The van der Waals surface area contributed by atoms with Crippen molar-refractivity contribution in [1.82, 2.24) is 14.5 Å². The molecule has 2 aromatic rings. The van der Waals surface area contributed by atoms with Gasteiger partial charge >= 0.3 is 0 Å². The van der Waals surface area contributed by atoms with Gasteiger partial charge in [-0.3, -0.25) is 9.78 Å². The van der Waals surface area contributed by atoms with E-state index in [-0.39, 0.29) is 5.56 Å². The quantitative estimate of drug-likeness (QED) is 0.694. The first-order chi connectivity index (χ1) is 6.84. The summed E-state index contributed by atoms with van der Waals surface area (Å²) in [5, 5.41) is 0. The second-order valence-corrected chi connectivity index (χ2v) is 2.93. The first-order valence-electron chi connectivity index (χ1n) is 4.25. The first-order valence-corrected chi connectivity index (χ1v) is 4.25. The molecule has 0 aliphatic rings. The number of pyridine rings is 1. The molecular formula is C10H9N3O.